The summed E-state index contributed by atoms with van der Waals surface area (Å²) in [6, 6.07) is 8.30. The smallest absolute Gasteiger partial charge is 0.411 e. The van der Waals surface area contributed by atoms with Gasteiger partial charge in [-0.1, -0.05) is 18.2 Å². The Balaban J connectivity index is 1.59. The number of aliphatic hydroxyl groups is 3. The number of phenolic OH excluding ortho intramolecular Hbond substituents is 1. The van der Waals surface area contributed by atoms with E-state index in [2.05, 4.69) is 10.1 Å². The molecule has 226 valence electrons. The number of aromatic hydroxyl groups is 1. The van der Waals surface area contributed by atoms with Crippen molar-refractivity contribution in [2.45, 2.75) is 24.5 Å². The third kappa shape index (κ3) is 4.61. The van der Waals surface area contributed by atoms with E-state index in [0.29, 0.717) is 22.4 Å². The van der Waals surface area contributed by atoms with Crippen LogP contribution in [0.2, 0.25) is 0 Å². The van der Waals surface area contributed by atoms with Gasteiger partial charge in [0, 0.05) is 17.2 Å². The van der Waals surface area contributed by atoms with Crippen LogP contribution in [0.3, 0.4) is 0 Å². The van der Waals surface area contributed by atoms with Gasteiger partial charge in [-0.15, -0.1) is 0 Å². The molecule has 0 aliphatic heterocycles. The van der Waals surface area contributed by atoms with Gasteiger partial charge in [0.1, 0.15) is 36.1 Å². The molecule has 5 rings (SSSR count). The van der Waals surface area contributed by atoms with Crippen LogP contribution in [-0.2, 0) is 25.5 Å². The summed E-state index contributed by atoms with van der Waals surface area (Å²) in [7, 11) is 3.06. The topological polar surface area (TPSA) is 200 Å². The number of nitrogens with one attached hydrogen (secondary N) is 1. The Morgan fingerprint density at radius 3 is 2.40 bits per heavy atom. The Kier molecular flexibility index (Phi) is 7.48. The van der Waals surface area contributed by atoms with Gasteiger partial charge in [0.15, 0.2) is 11.4 Å². The number of nitrogens with two attached hydrogens (primary N) is 1. The number of benzene rings is 2. The van der Waals surface area contributed by atoms with Gasteiger partial charge in [0.2, 0.25) is 5.78 Å². The fourth-order valence-electron chi connectivity index (χ4n) is 6.53. The zero-order valence-corrected chi connectivity index (χ0v) is 23.3. The number of hydrogen-bond acceptors (Lipinski definition) is 10. The van der Waals surface area contributed by atoms with Crippen LogP contribution in [0.1, 0.15) is 17.5 Å². The zero-order valence-electron chi connectivity index (χ0n) is 23.3. The summed E-state index contributed by atoms with van der Waals surface area (Å²) >= 11 is 0. The number of amides is 2. The summed E-state index contributed by atoms with van der Waals surface area (Å²) in [4.78, 5) is 52.5. The molecule has 0 heterocycles. The summed E-state index contributed by atoms with van der Waals surface area (Å²) < 4.78 is 16.9. The molecule has 2 aromatic rings. The minimum atomic E-state index is -2.72. The molecule has 1 fully saturated rings. The van der Waals surface area contributed by atoms with Crippen molar-refractivity contribution in [1.29, 1.82) is 0 Å². The lowest BCUT2D eigenvalue weighted by Crippen LogP contribution is -2.65. The fraction of sp³-hybridized carbons (Fsp3) is 0.333. The molecule has 3 aliphatic rings. The zero-order chi connectivity index (χ0) is 31.4. The van der Waals surface area contributed by atoms with E-state index in [-0.39, 0.29) is 36.3 Å². The molecule has 13 heteroatoms. The third-order valence-corrected chi connectivity index (χ3v) is 8.36. The Bertz CT molecular complexity index is 1620. The first-order valence-electron chi connectivity index (χ1n) is 13.4. The highest BCUT2D eigenvalue weighted by Gasteiger charge is 2.64. The number of ketones is 2. The van der Waals surface area contributed by atoms with Crippen molar-refractivity contribution in [1.82, 2.24) is 4.90 Å². The SMILES string of the molecule is CN(C)[C@H]1C(=O)C(C(N)=O)=C(O)[C@@]2(O)C(=O)C3=C(O)c4c(O)ccc(-c5ccc(NC(=O)OCCF)cc5)c4C[C@@H]3C[C@H]12. The van der Waals surface area contributed by atoms with Crippen molar-refractivity contribution in [3.63, 3.8) is 0 Å². The Morgan fingerprint density at radius 2 is 1.79 bits per heavy atom. The van der Waals surface area contributed by atoms with E-state index in [1.54, 1.807) is 30.3 Å². The molecule has 0 aromatic heterocycles. The number of ether oxygens (including phenoxy) is 1. The molecule has 0 bridgehead atoms. The van der Waals surface area contributed by atoms with Gasteiger partial charge < -0.3 is 30.9 Å². The van der Waals surface area contributed by atoms with Crippen LogP contribution in [0, 0.1) is 11.8 Å². The average molecular weight is 596 g/mol. The highest BCUT2D eigenvalue weighted by atomic mass is 19.1. The molecule has 1 saturated carbocycles. The largest absolute Gasteiger partial charge is 0.508 e. The number of aliphatic hydroxyl groups excluding tert-OH is 2. The molecule has 4 atom stereocenters. The van der Waals surface area contributed by atoms with Crippen LogP contribution in [0.15, 0.2) is 53.3 Å². The summed E-state index contributed by atoms with van der Waals surface area (Å²) in [6.45, 7) is -1.19. The second kappa shape index (κ2) is 10.8. The van der Waals surface area contributed by atoms with Crippen molar-refractivity contribution in [2.75, 3.05) is 32.7 Å². The van der Waals surface area contributed by atoms with E-state index in [1.165, 1.54) is 25.1 Å². The van der Waals surface area contributed by atoms with Crippen LogP contribution in [0.4, 0.5) is 14.9 Å². The lowest BCUT2D eigenvalue weighted by molar-refractivity contribution is -0.153. The molecule has 2 aromatic carbocycles. The highest BCUT2D eigenvalue weighted by molar-refractivity contribution is 6.24. The number of hydrogen-bond donors (Lipinski definition) is 6. The van der Waals surface area contributed by atoms with Gasteiger partial charge in [-0.2, -0.15) is 0 Å². The summed E-state index contributed by atoms with van der Waals surface area (Å²) in [6.07, 6.45) is -0.739. The minimum Gasteiger partial charge on any atom is -0.508 e. The Hall–Kier alpha value is -4.75. The molecule has 2 amide bonds. The van der Waals surface area contributed by atoms with Crippen LogP contribution in [0.25, 0.3) is 16.9 Å². The van der Waals surface area contributed by atoms with Crippen molar-refractivity contribution in [2.24, 2.45) is 17.6 Å². The predicted octanol–water partition coefficient (Wildman–Crippen LogP) is 2.15. The van der Waals surface area contributed by atoms with Crippen molar-refractivity contribution in [3.8, 4) is 16.9 Å². The average Bonchev–Trinajstić information content (AvgIpc) is 2.94. The number of carbonyl (C=O) groups excluding carboxylic acids is 4. The number of Topliss-reactive ketones (excluding diaryl/α,β-unsaturated/α-hetero) is 2. The monoisotopic (exact) mass is 595 g/mol. The van der Waals surface area contributed by atoms with Crippen molar-refractivity contribution >= 4 is 35.0 Å². The quantitative estimate of drug-likeness (QED) is 0.269. The molecule has 0 radical (unpaired) electrons. The number of phenols is 1. The van der Waals surface area contributed by atoms with Gasteiger partial charge in [0.25, 0.3) is 5.91 Å². The van der Waals surface area contributed by atoms with Gasteiger partial charge >= 0.3 is 6.09 Å². The normalized spacial score (nSPS) is 24.8. The fourth-order valence-corrected chi connectivity index (χ4v) is 6.53. The van der Waals surface area contributed by atoms with Crippen LogP contribution < -0.4 is 11.1 Å². The number of likely N-dealkylation sites (N-methyl/N-ethyl adjacent to an activating group) is 1. The predicted molar refractivity (Wildman–Crippen MR) is 151 cm³/mol. The number of fused-ring (bicyclic) bond motifs is 3. The van der Waals surface area contributed by atoms with Crippen LogP contribution in [-0.4, -0.2) is 87.9 Å². The second-order valence-electron chi connectivity index (χ2n) is 11.0. The van der Waals surface area contributed by atoms with E-state index in [4.69, 9.17) is 5.73 Å². The van der Waals surface area contributed by atoms with E-state index in [0.717, 1.165) is 0 Å². The second-order valence-corrected chi connectivity index (χ2v) is 11.0. The van der Waals surface area contributed by atoms with Gasteiger partial charge in [-0.05, 0) is 67.7 Å². The molecule has 0 spiro atoms. The number of halogens is 1. The van der Waals surface area contributed by atoms with E-state index >= 15 is 0 Å². The molecule has 0 saturated heterocycles. The first kappa shape index (κ1) is 29.7. The summed E-state index contributed by atoms with van der Waals surface area (Å²) in [5.74, 6) is -7.21. The molecular formula is C30H30FN3O9. The molecule has 3 aliphatic carbocycles. The number of carbonyl (C=O) groups is 4. The Labute approximate surface area is 244 Å². The molecule has 12 nitrogen and oxygen atoms in total. The maximum Gasteiger partial charge on any atom is 0.411 e. The third-order valence-electron chi connectivity index (χ3n) is 8.36. The van der Waals surface area contributed by atoms with E-state index in [9.17, 15) is 44.0 Å². The lowest BCUT2D eigenvalue weighted by atomic mass is 9.57. The van der Waals surface area contributed by atoms with E-state index in [1.807, 2.05) is 0 Å². The standard InChI is InChI=1S/C30H30FN3O9/c1-34(2)23-18-12-14-11-17-16(13-3-5-15(6-4-13)33-29(41)43-10-9-31)7-8-19(35)21(17)24(36)20(14)26(38)30(18,42)27(39)22(25(23)37)28(32)40/h3-8,14,18,23,35-36,39,42H,9-12H2,1-2H3,(H2,32,40)(H,33,41)/t14-,18-,23-,30+/m1/s1. The van der Waals surface area contributed by atoms with Crippen LogP contribution >= 0.6 is 0 Å². The highest BCUT2D eigenvalue weighted by Crippen LogP contribution is 2.53. The van der Waals surface area contributed by atoms with Gasteiger partial charge in [-0.25, -0.2) is 9.18 Å². The number of nitrogens with zero attached hydrogens (tertiary/aromatic N) is 1. The number of rotatable bonds is 6. The Morgan fingerprint density at radius 1 is 1.12 bits per heavy atom. The number of alkyl halides is 1. The van der Waals surface area contributed by atoms with Gasteiger partial charge in [-0.3, -0.25) is 24.6 Å². The van der Waals surface area contributed by atoms with Crippen LogP contribution in [0.5, 0.6) is 5.75 Å². The first-order valence-corrected chi connectivity index (χ1v) is 13.4. The number of primary amides is 1. The molecule has 7 N–H and O–H groups in total. The van der Waals surface area contributed by atoms with Crippen molar-refractivity contribution < 1.29 is 48.7 Å². The minimum absolute atomic E-state index is 0.0363. The summed E-state index contributed by atoms with van der Waals surface area (Å²) in [5, 5.41) is 47.3. The number of anilines is 1. The lowest BCUT2D eigenvalue weighted by Gasteiger charge is -2.50. The maximum absolute atomic E-state index is 14.0. The first-order chi connectivity index (χ1) is 20.3. The van der Waals surface area contributed by atoms with Gasteiger partial charge in [0.05, 0.1) is 11.6 Å². The molecule has 43 heavy (non-hydrogen) atoms. The van der Waals surface area contributed by atoms with Crippen molar-refractivity contribution in [3.05, 3.63) is 64.4 Å². The van der Waals surface area contributed by atoms with E-state index < -0.39 is 70.8 Å². The molecule has 0 unspecified atom stereocenters. The molecular weight excluding hydrogens is 565 g/mol. The maximum atomic E-state index is 14.0. The summed E-state index contributed by atoms with van der Waals surface area (Å²) in [5.41, 5.74) is 3.59.